The van der Waals surface area contributed by atoms with E-state index >= 15 is 0 Å². The summed E-state index contributed by atoms with van der Waals surface area (Å²) >= 11 is 0. The summed E-state index contributed by atoms with van der Waals surface area (Å²) in [5, 5.41) is 14.0. The van der Waals surface area contributed by atoms with Crippen LogP contribution in [0.2, 0.25) is 0 Å². The van der Waals surface area contributed by atoms with E-state index < -0.39 is 6.10 Å². The van der Waals surface area contributed by atoms with E-state index in [1.807, 2.05) is 26.8 Å². The van der Waals surface area contributed by atoms with Crippen molar-refractivity contribution in [2.24, 2.45) is 5.41 Å². The number of rotatable bonds is 2. The summed E-state index contributed by atoms with van der Waals surface area (Å²) in [4.78, 5) is 12.0. The van der Waals surface area contributed by atoms with Crippen molar-refractivity contribution in [1.29, 1.82) is 0 Å². The molecule has 0 saturated heterocycles. The molecule has 2 atom stereocenters. The zero-order valence-electron chi connectivity index (χ0n) is 11.7. The minimum Gasteiger partial charge on any atom is -0.391 e. The molecular formula is C15H25NO2. The lowest BCUT2D eigenvalue weighted by Gasteiger charge is -2.34. The number of hydrogen-bond donors (Lipinski definition) is 2. The third-order valence-corrected chi connectivity index (χ3v) is 4.41. The fourth-order valence-corrected chi connectivity index (χ4v) is 3.10. The van der Waals surface area contributed by atoms with Crippen LogP contribution in [0.3, 0.4) is 0 Å². The molecule has 1 saturated carbocycles. The largest absolute Gasteiger partial charge is 0.391 e. The Balaban J connectivity index is 2.16. The molecule has 2 rings (SSSR count). The summed E-state index contributed by atoms with van der Waals surface area (Å²) in [6, 6.07) is 0.409. The number of aliphatic hydroxyl groups is 1. The highest BCUT2D eigenvalue weighted by molar-refractivity contribution is 5.95. The number of ketones is 1. The molecule has 0 heterocycles. The van der Waals surface area contributed by atoms with Crippen LogP contribution in [-0.4, -0.2) is 29.1 Å². The first-order valence-electron chi connectivity index (χ1n) is 7.06. The normalized spacial score (nSPS) is 33.3. The minimum atomic E-state index is -0.500. The van der Waals surface area contributed by atoms with Crippen LogP contribution in [-0.2, 0) is 4.79 Å². The lowest BCUT2D eigenvalue weighted by atomic mass is 9.80. The van der Waals surface area contributed by atoms with Crippen molar-refractivity contribution < 1.29 is 9.90 Å². The summed E-state index contributed by atoms with van der Waals surface area (Å²) < 4.78 is 0. The van der Waals surface area contributed by atoms with Gasteiger partial charge in [0.15, 0.2) is 5.78 Å². The number of carbonyl (C=O) groups excluding carboxylic acids is 1. The van der Waals surface area contributed by atoms with E-state index in [0.717, 1.165) is 5.57 Å². The monoisotopic (exact) mass is 251 g/mol. The van der Waals surface area contributed by atoms with Gasteiger partial charge in [0.2, 0.25) is 0 Å². The lowest BCUT2D eigenvalue weighted by Crippen LogP contribution is -2.49. The Morgan fingerprint density at radius 2 is 1.94 bits per heavy atom. The van der Waals surface area contributed by atoms with Crippen molar-refractivity contribution in [1.82, 2.24) is 5.32 Å². The van der Waals surface area contributed by atoms with E-state index in [0.29, 0.717) is 12.5 Å². The molecule has 0 radical (unpaired) electrons. The molecule has 18 heavy (non-hydrogen) atoms. The van der Waals surface area contributed by atoms with Crippen LogP contribution in [0.4, 0.5) is 0 Å². The van der Waals surface area contributed by atoms with Crippen molar-refractivity contribution in [3.8, 4) is 0 Å². The second kappa shape index (κ2) is 5.14. The van der Waals surface area contributed by atoms with Crippen LogP contribution in [0.5, 0.6) is 0 Å². The third kappa shape index (κ3) is 2.83. The van der Waals surface area contributed by atoms with Gasteiger partial charge in [0.25, 0.3) is 0 Å². The van der Waals surface area contributed by atoms with Gasteiger partial charge in [0.1, 0.15) is 0 Å². The summed E-state index contributed by atoms with van der Waals surface area (Å²) in [5.41, 5.74) is 0.428. The van der Waals surface area contributed by atoms with E-state index in [9.17, 15) is 9.90 Å². The highest BCUT2D eigenvalue weighted by Gasteiger charge is 2.38. The van der Waals surface area contributed by atoms with Crippen molar-refractivity contribution in [3.05, 3.63) is 11.6 Å². The Kier molecular flexibility index (Phi) is 3.93. The van der Waals surface area contributed by atoms with Gasteiger partial charge in [-0.15, -0.1) is 0 Å². The Hall–Kier alpha value is -0.670. The zero-order valence-corrected chi connectivity index (χ0v) is 11.7. The first-order valence-corrected chi connectivity index (χ1v) is 7.06. The lowest BCUT2D eigenvalue weighted by molar-refractivity contribution is -0.118. The number of hydrogen-bond acceptors (Lipinski definition) is 3. The van der Waals surface area contributed by atoms with Gasteiger partial charge >= 0.3 is 0 Å². The molecule has 0 aromatic rings. The summed E-state index contributed by atoms with van der Waals surface area (Å²) in [6.07, 6.45) is 6.77. The van der Waals surface area contributed by atoms with Gasteiger partial charge in [-0.3, -0.25) is 4.79 Å². The molecule has 2 unspecified atom stereocenters. The maximum atomic E-state index is 12.0. The van der Waals surface area contributed by atoms with Gasteiger partial charge in [0, 0.05) is 12.5 Å². The molecule has 0 spiro atoms. The smallest absolute Gasteiger partial charge is 0.158 e. The van der Waals surface area contributed by atoms with Crippen LogP contribution >= 0.6 is 0 Å². The van der Waals surface area contributed by atoms with Gasteiger partial charge < -0.3 is 10.4 Å². The van der Waals surface area contributed by atoms with Crippen LogP contribution in [0.1, 0.15) is 52.9 Å². The van der Waals surface area contributed by atoms with Crippen LogP contribution in [0.15, 0.2) is 11.6 Å². The number of aliphatic hydroxyl groups excluding tert-OH is 1. The number of nitrogens with one attached hydrogen (secondary N) is 1. The molecular weight excluding hydrogens is 226 g/mol. The summed E-state index contributed by atoms with van der Waals surface area (Å²) in [6.45, 7) is 5.82. The molecule has 0 aromatic heterocycles. The molecule has 0 aliphatic heterocycles. The van der Waals surface area contributed by atoms with Gasteiger partial charge in [-0.2, -0.15) is 0 Å². The van der Waals surface area contributed by atoms with Gasteiger partial charge in [-0.05, 0) is 30.8 Å². The van der Waals surface area contributed by atoms with Gasteiger partial charge in [-0.25, -0.2) is 0 Å². The van der Waals surface area contributed by atoms with Crippen molar-refractivity contribution in [3.63, 3.8) is 0 Å². The SMILES string of the molecule is CC1=CC(NC2CCCC2)C(O)C(C)(C)CC1=O. The molecule has 0 bridgehead atoms. The average Bonchev–Trinajstić information content (AvgIpc) is 2.76. The van der Waals surface area contributed by atoms with Gasteiger partial charge in [0.05, 0.1) is 12.1 Å². The molecule has 102 valence electrons. The topological polar surface area (TPSA) is 49.3 Å². The summed E-state index contributed by atoms with van der Waals surface area (Å²) in [5.74, 6) is 0.162. The maximum Gasteiger partial charge on any atom is 0.158 e. The zero-order chi connectivity index (χ0) is 13.3. The number of Topliss-reactive ketones (excluding diaryl/α,β-unsaturated/α-hetero) is 1. The van der Waals surface area contributed by atoms with Crippen molar-refractivity contribution in [2.75, 3.05) is 0 Å². The molecule has 2 aliphatic carbocycles. The van der Waals surface area contributed by atoms with Gasteiger partial charge in [-0.1, -0.05) is 32.8 Å². The van der Waals surface area contributed by atoms with E-state index in [1.165, 1.54) is 25.7 Å². The maximum absolute atomic E-state index is 12.0. The number of allylic oxidation sites excluding steroid dienone is 1. The average molecular weight is 251 g/mol. The minimum absolute atomic E-state index is 0.0884. The standard InChI is InChI=1S/C15H25NO2/c1-10-8-12(16-11-6-4-5-7-11)14(18)15(2,3)9-13(10)17/h8,11-12,14,16,18H,4-7,9H2,1-3H3. The first-order chi connectivity index (χ1) is 8.40. The Morgan fingerprint density at radius 3 is 2.56 bits per heavy atom. The summed E-state index contributed by atoms with van der Waals surface area (Å²) in [7, 11) is 0. The van der Waals surface area contributed by atoms with E-state index in [1.54, 1.807) is 0 Å². The van der Waals surface area contributed by atoms with Crippen LogP contribution in [0.25, 0.3) is 0 Å². The second-order valence-electron chi connectivity index (χ2n) is 6.56. The predicted octanol–water partition coefficient (Wildman–Crippen LogP) is 2.19. The Bertz CT molecular complexity index is 354. The van der Waals surface area contributed by atoms with Crippen LogP contribution < -0.4 is 5.32 Å². The quantitative estimate of drug-likeness (QED) is 0.791. The molecule has 1 fully saturated rings. The van der Waals surface area contributed by atoms with Crippen LogP contribution in [0, 0.1) is 5.41 Å². The number of carbonyl (C=O) groups is 1. The van der Waals surface area contributed by atoms with E-state index in [-0.39, 0.29) is 17.2 Å². The highest BCUT2D eigenvalue weighted by Crippen LogP contribution is 2.33. The molecule has 3 nitrogen and oxygen atoms in total. The van der Waals surface area contributed by atoms with Crippen molar-refractivity contribution in [2.45, 2.75) is 71.1 Å². The molecule has 3 heteroatoms. The Labute approximate surface area is 110 Å². The molecule has 0 aromatic carbocycles. The predicted molar refractivity (Wildman–Crippen MR) is 72.3 cm³/mol. The molecule has 2 N–H and O–H groups in total. The molecule has 2 aliphatic rings. The highest BCUT2D eigenvalue weighted by atomic mass is 16.3. The Morgan fingerprint density at radius 1 is 1.33 bits per heavy atom. The molecule has 0 amide bonds. The van der Waals surface area contributed by atoms with E-state index in [4.69, 9.17) is 0 Å². The fourth-order valence-electron chi connectivity index (χ4n) is 3.10. The van der Waals surface area contributed by atoms with Crippen molar-refractivity contribution >= 4 is 5.78 Å². The second-order valence-corrected chi connectivity index (χ2v) is 6.56. The first kappa shape index (κ1) is 13.8. The van der Waals surface area contributed by atoms with E-state index in [2.05, 4.69) is 5.32 Å². The third-order valence-electron chi connectivity index (χ3n) is 4.41. The fraction of sp³-hybridized carbons (Fsp3) is 0.800.